The molecule has 1 aliphatic rings. The van der Waals surface area contributed by atoms with Crippen molar-refractivity contribution in [2.24, 2.45) is 5.92 Å². The molecular formula is C26H40N2O5. The first-order valence-corrected chi connectivity index (χ1v) is 12.1. The molecule has 1 fully saturated rings. The van der Waals surface area contributed by atoms with Crippen molar-refractivity contribution in [2.75, 3.05) is 5.32 Å². The summed E-state index contributed by atoms with van der Waals surface area (Å²) >= 11 is 0. The van der Waals surface area contributed by atoms with Crippen molar-refractivity contribution in [3.05, 3.63) is 29.8 Å². The van der Waals surface area contributed by atoms with E-state index < -0.39 is 17.7 Å². The first-order valence-electron chi connectivity index (χ1n) is 12.1. The molecule has 1 aromatic rings. The number of ether oxygens (including phenoxy) is 2. The molecule has 184 valence electrons. The normalized spacial score (nSPS) is 15.2. The monoisotopic (exact) mass is 460 g/mol. The molecule has 7 heteroatoms. The van der Waals surface area contributed by atoms with E-state index in [1.807, 2.05) is 58.9 Å². The van der Waals surface area contributed by atoms with Crippen LogP contribution in [-0.4, -0.2) is 35.7 Å². The third-order valence-electron chi connectivity index (χ3n) is 5.38. The fourth-order valence-corrected chi connectivity index (χ4v) is 3.83. The van der Waals surface area contributed by atoms with Gasteiger partial charge in [-0.25, -0.2) is 9.59 Å². The topological polar surface area (TPSA) is 93.7 Å². The second kappa shape index (κ2) is 12.6. The number of hydrogen-bond acceptors (Lipinski definition) is 5. The minimum atomic E-state index is -0.587. The SMILES string of the molecule is CC(C)C[C@@H](NC(=O)CCCc1ccc(NC(=O)OC(C)(C)C)cc1)C(=O)OC1CCCC1. The molecule has 0 heterocycles. The molecule has 0 aromatic heterocycles. The molecule has 33 heavy (non-hydrogen) atoms. The average Bonchev–Trinajstić information content (AvgIpc) is 3.20. The lowest BCUT2D eigenvalue weighted by Gasteiger charge is -2.21. The second-order valence-electron chi connectivity index (χ2n) is 10.3. The third-order valence-corrected chi connectivity index (χ3v) is 5.38. The first kappa shape index (κ1) is 26.7. The van der Waals surface area contributed by atoms with E-state index in [0.717, 1.165) is 37.7 Å². The summed E-state index contributed by atoms with van der Waals surface area (Å²) in [6, 6.07) is 6.89. The summed E-state index contributed by atoms with van der Waals surface area (Å²) in [4.78, 5) is 36.9. The number of aryl methyl sites for hydroxylation is 1. The molecule has 1 saturated carbocycles. The second-order valence-corrected chi connectivity index (χ2v) is 10.3. The van der Waals surface area contributed by atoms with Gasteiger partial charge in [0.25, 0.3) is 0 Å². The maximum Gasteiger partial charge on any atom is 0.412 e. The molecule has 0 radical (unpaired) electrons. The highest BCUT2D eigenvalue weighted by molar-refractivity contribution is 5.85. The lowest BCUT2D eigenvalue weighted by molar-refractivity contribution is -0.153. The number of amides is 2. The fraction of sp³-hybridized carbons (Fsp3) is 0.654. The van der Waals surface area contributed by atoms with Crippen molar-refractivity contribution in [2.45, 2.75) is 104 Å². The lowest BCUT2D eigenvalue weighted by Crippen LogP contribution is -2.43. The van der Waals surface area contributed by atoms with Gasteiger partial charge in [0.15, 0.2) is 0 Å². The number of benzene rings is 1. The molecule has 0 saturated heterocycles. The summed E-state index contributed by atoms with van der Waals surface area (Å²) < 4.78 is 10.9. The molecule has 0 unspecified atom stereocenters. The predicted molar refractivity (Wildman–Crippen MR) is 129 cm³/mol. The Morgan fingerprint density at radius 1 is 1.06 bits per heavy atom. The lowest BCUT2D eigenvalue weighted by atomic mass is 10.0. The standard InChI is InChI=1S/C26H40N2O5/c1-18(2)17-22(24(30)32-21-10-6-7-11-21)28-23(29)12-8-9-19-13-15-20(16-14-19)27-25(31)33-26(3,4)5/h13-16,18,21-22H,6-12,17H2,1-5H3,(H,27,31)(H,28,29)/t22-/m1/s1. The number of rotatable bonds is 10. The van der Waals surface area contributed by atoms with Gasteiger partial charge in [-0.2, -0.15) is 0 Å². The molecule has 0 aliphatic heterocycles. The van der Waals surface area contributed by atoms with Gasteiger partial charge in [-0.15, -0.1) is 0 Å². The minimum absolute atomic E-state index is 0.00292. The number of nitrogens with one attached hydrogen (secondary N) is 2. The van der Waals surface area contributed by atoms with Crippen molar-refractivity contribution >= 4 is 23.7 Å². The van der Waals surface area contributed by atoms with Crippen LogP contribution in [0.4, 0.5) is 10.5 Å². The fourth-order valence-electron chi connectivity index (χ4n) is 3.83. The van der Waals surface area contributed by atoms with Crippen LogP contribution in [0.1, 0.15) is 85.1 Å². The highest BCUT2D eigenvalue weighted by Crippen LogP contribution is 2.22. The van der Waals surface area contributed by atoms with Gasteiger partial charge in [0, 0.05) is 12.1 Å². The van der Waals surface area contributed by atoms with Crippen LogP contribution in [0.3, 0.4) is 0 Å². The Morgan fingerprint density at radius 2 is 1.70 bits per heavy atom. The molecule has 2 amide bonds. The van der Waals surface area contributed by atoms with Crippen molar-refractivity contribution in [1.82, 2.24) is 5.32 Å². The summed E-state index contributed by atoms with van der Waals surface area (Å²) in [6.45, 7) is 9.51. The predicted octanol–water partition coefficient (Wildman–Crippen LogP) is 5.37. The van der Waals surface area contributed by atoms with E-state index in [2.05, 4.69) is 10.6 Å². The Bertz CT molecular complexity index is 777. The van der Waals surface area contributed by atoms with E-state index in [4.69, 9.17) is 9.47 Å². The Morgan fingerprint density at radius 3 is 2.27 bits per heavy atom. The van der Waals surface area contributed by atoms with Gasteiger partial charge in [-0.05, 0) is 89.3 Å². The van der Waals surface area contributed by atoms with E-state index in [0.29, 0.717) is 24.9 Å². The van der Waals surface area contributed by atoms with Gasteiger partial charge in [0.05, 0.1) is 0 Å². The molecule has 1 aliphatic carbocycles. The Balaban J connectivity index is 1.76. The van der Waals surface area contributed by atoms with E-state index >= 15 is 0 Å². The van der Waals surface area contributed by atoms with E-state index in [1.54, 1.807) is 0 Å². The first-order chi connectivity index (χ1) is 15.5. The number of anilines is 1. The smallest absolute Gasteiger partial charge is 0.412 e. The van der Waals surface area contributed by atoms with Crippen LogP contribution < -0.4 is 10.6 Å². The zero-order chi connectivity index (χ0) is 24.4. The van der Waals surface area contributed by atoms with Crippen LogP contribution in [0.2, 0.25) is 0 Å². The maximum absolute atomic E-state index is 12.6. The van der Waals surface area contributed by atoms with E-state index in [-0.39, 0.29) is 23.9 Å². The van der Waals surface area contributed by atoms with Crippen LogP contribution in [0.25, 0.3) is 0 Å². The number of carbonyl (C=O) groups is 3. The molecule has 0 bridgehead atoms. The molecular weight excluding hydrogens is 420 g/mol. The average molecular weight is 461 g/mol. The molecule has 2 N–H and O–H groups in total. The summed E-state index contributed by atoms with van der Waals surface area (Å²) in [7, 11) is 0. The van der Waals surface area contributed by atoms with E-state index in [1.165, 1.54) is 0 Å². The van der Waals surface area contributed by atoms with Crippen molar-refractivity contribution in [3.8, 4) is 0 Å². The van der Waals surface area contributed by atoms with Crippen LogP contribution in [0, 0.1) is 5.92 Å². The highest BCUT2D eigenvalue weighted by Gasteiger charge is 2.27. The number of hydrogen-bond donors (Lipinski definition) is 2. The summed E-state index contributed by atoms with van der Waals surface area (Å²) in [6.07, 6.45) is 5.82. The van der Waals surface area contributed by atoms with Gasteiger partial charge in [0.2, 0.25) is 5.91 Å². The van der Waals surface area contributed by atoms with E-state index in [9.17, 15) is 14.4 Å². The van der Waals surface area contributed by atoms with Gasteiger partial charge >= 0.3 is 12.1 Å². The zero-order valence-electron chi connectivity index (χ0n) is 20.7. The maximum atomic E-state index is 12.6. The number of carbonyl (C=O) groups excluding carboxylic acids is 3. The molecule has 0 spiro atoms. The zero-order valence-corrected chi connectivity index (χ0v) is 20.7. The Hall–Kier alpha value is -2.57. The Kier molecular flexibility index (Phi) is 10.2. The van der Waals surface area contributed by atoms with Crippen LogP contribution >= 0.6 is 0 Å². The van der Waals surface area contributed by atoms with Crippen molar-refractivity contribution < 1.29 is 23.9 Å². The quantitative estimate of drug-likeness (QED) is 0.458. The summed E-state index contributed by atoms with van der Waals surface area (Å²) in [5.74, 6) is -0.163. The van der Waals surface area contributed by atoms with Gasteiger partial charge in [0.1, 0.15) is 17.7 Å². The van der Waals surface area contributed by atoms with Gasteiger partial charge in [-0.3, -0.25) is 10.1 Å². The Labute approximate surface area is 198 Å². The molecule has 1 atom stereocenters. The molecule has 7 nitrogen and oxygen atoms in total. The summed E-state index contributed by atoms with van der Waals surface area (Å²) in [5, 5.41) is 5.59. The van der Waals surface area contributed by atoms with Crippen molar-refractivity contribution in [1.29, 1.82) is 0 Å². The van der Waals surface area contributed by atoms with Crippen molar-refractivity contribution in [3.63, 3.8) is 0 Å². The molecule has 2 rings (SSSR count). The van der Waals surface area contributed by atoms with Gasteiger partial charge in [-0.1, -0.05) is 26.0 Å². The molecule has 1 aromatic carbocycles. The largest absolute Gasteiger partial charge is 0.461 e. The van der Waals surface area contributed by atoms with Crippen LogP contribution in [0.15, 0.2) is 24.3 Å². The van der Waals surface area contributed by atoms with Gasteiger partial charge < -0.3 is 14.8 Å². The third kappa shape index (κ3) is 10.7. The van der Waals surface area contributed by atoms with Crippen LogP contribution in [0.5, 0.6) is 0 Å². The summed E-state index contributed by atoms with van der Waals surface area (Å²) in [5.41, 5.74) is 1.17. The minimum Gasteiger partial charge on any atom is -0.461 e. The number of esters is 1. The van der Waals surface area contributed by atoms with Crippen LogP contribution in [-0.2, 0) is 25.5 Å². The highest BCUT2D eigenvalue weighted by atomic mass is 16.6.